The van der Waals surface area contributed by atoms with Crippen LogP contribution in [0.3, 0.4) is 0 Å². The van der Waals surface area contributed by atoms with Crippen LogP contribution in [0.25, 0.3) is 6.08 Å². The SMILES string of the molecule is CCOC(=O)/C(C#N)=C\c1ccc(CC)cc1. The topological polar surface area (TPSA) is 50.1 Å². The van der Waals surface area contributed by atoms with Crippen LogP contribution >= 0.6 is 0 Å². The monoisotopic (exact) mass is 229 g/mol. The maximum atomic E-state index is 11.4. The standard InChI is InChI=1S/C14H15NO2/c1-3-11-5-7-12(8-6-11)9-13(10-15)14(16)17-4-2/h5-9H,3-4H2,1-2H3/b13-9-. The van der Waals surface area contributed by atoms with Crippen molar-refractivity contribution < 1.29 is 9.53 Å². The summed E-state index contributed by atoms with van der Waals surface area (Å²) in [6, 6.07) is 9.58. The zero-order valence-electron chi connectivity index (χ0n) is 10.1. The van der Waals surface area contributed by atoms with Crippen LogP contribution in [-0.2, 0) is 16.0 Å². The van der Waals surface area contributed by atoms with Crippen molar-refractivity contribution in [1.29, 1.82) is 5.26 Å². The molecule has 0 saturated carbocycles. The summed E-state index contributed by atoms with van der Waals surface area (Å²) in [6.07, 6.45) is 2.50. The number of nitriles is 1. The summed E-state index contributed by atoms with van der Waals surface area (Å²) >= 11 is 0. The van der Waals surface area contributed by atoms with Crippen LogP contribution < -0.4 is 0 Å². The molecule has 88 valence electrons. The first kappa shape index (κ1) is 13.0. The first-order valence-corrected chi connectivity index (χ1v) is 5.59. The van der Waals surface area contributed by atoms with Gasteiger partial charge in [0, 0.05) is 0 Å². The average molecular weight is 229 g/mol. The highest BCUT2D eigenvalue weighted by atomic mass is 16.5. The first-order chi connectivity index (χ1) is 8.21. The number of nitrogens with zero attached hydrogens (tertiary/aromatic N) is 1. The minimum Gasteiger partial charge on any atom is -0.462 e. The number of carbonyl (C=O) groups is 1. The molecule has 3 nitrogen and oxygen atoms in total. The van der Waals surface area contributed by atoms with Gasteiger partial charge < -0.3 is 4.74 Å². The van der Waals surface area contributed by atoms with Gasteiger partial charge in [-0.2, -0.15) is 5.26 Å². The lowest BCUT2D eigenvalue weighted by atomic mass is 10.1. The molecule has 0 spiro atoms. The van der Waals surface area contributed by atoms with Gasteiger partial charge in [-0.3, -0.25) is 0 Å². The van der Waals surface area contributed by atoms with Gasteiger partial charge in [0.25, 0.3) is 0 Å². The highest BCUT2D eigenvalue weighted by molar-refractivity contribution is 5.97. The van der Waals surface area contributed by atoms with E-state index in [1.165, 1.54) is 11.6 Å². The van der Waals surface area contributed by atoms with Crippen LogP contribution in [0.5, 0.6) is 0 Å². The van der Waals surface area contributed by atoms with Crippen LogP contribution in [0.15, 0.2) is 29.8 Å². The molecule has 0 saturated heterocycles. The summed E-state index contributed by atoms with van der Waals surface area (Å²) in [5, 5.41) is 8.87. The Morgan fingerprint density at radius 3 is 2.47 bits per heavy atom. The lowest BCUT2D eigenvalue weighted by molar-refractivity contribution is -0.137. The van der Waals surface area contributed by atoms with E-state index in [0.29, 0.717) is 0 Å². The maximum Gasteiger partial charge on any atom is 0.348 e. The molecule has 0 heterocycles. The molecule has 0 fully saturated rings. The van der Waals surface area contributed by atoms with Gasteiger partial charge in [-0.15, -0.1) is 0 Å². The summed E-state index contributed by atoms with van der Waals surface area (Å²) in [5.74, 6) is -0.574. The van der Waals surface area contributed by atoms with Crippen LogP contribution in [-0.4, -0.2) is 12.6 Å². The summed E-state index contributed by atoms with van der Waals surface area (Å²) in [4.78, 5) is 11.4. The molecule has 17 heavy (non-hydrogen) atoms. The Kier molecular flexibility index (Phi) is 4.96. The Balaban J connectivity index is 2.91. The van der Waals surface area contributed by atoms with Crippen LogP contribution in [0.1, 0.15) is 25.0 Å². The highest BCUT2D eigenvalue weighted by Crippen LogP contribution is 2.10. The Morgan fingerprint density at radius 2 is 2.00 bits per heavy atom. The zero-order chi connectivity index (χ0) is 12.7. The van der Waals surface area contributed by atoms with Crippen LogP contribution in [0, 0.1) is 11.3 Å². The molecule has 0 aliphatic heterocycles. The fourth-order valence-corrected chi connectivity index (χ4v) is 1.36. The fraction of sp³-hybridized carbons (Fsp3) is 0.286. The number of carbonyl (C=O) groups excluding carboxylic acids is 1. The molecule has 1 aromatic carbocycles. The smallest absolute Gasteiger partial charge is 0.348 e. The first-order valence-electron chi connectivity index (χ1n) is 5.59. The summed E-state index contributed by atoms with van der Waals surface area (Å²) in [5.41, 5.74) is 2.07. The van der Waals surface area contributed by atoms with Crippen LogP contribution in [0.4, 0.5) is 0 Å². The third-order valence-electron chi connectivity index (χ3n) is 2.31. The molecule has 1 aromatic rings. The lowest BCUT2D eigenvalue weighted by Gasteiger charge is -2.00. The second-order valence-corrected chi connectivity index (χ2v) is 3.49. The lowest BCUT2D eigenvalue weighted by Crippen LogP contribution is -2.05. The van der Waals surface area contributed by atoms with Crippen molar-refractivity contribution in [3.8, 4) is 6.07 Å². The van der Waals surface area contributed by atoms with Gasteiger partial charge in [0.1, 0.15) is 11.6 Å². The number of hydrogen-bond donors (Lipinski definition) is 0. The largest absolute Gasteiger partial charge is 0.462 e. The van der Waals surface area contributed by atoms with Gasteiger partial charge >= 0.3 is 5.97 Å². The highest BCUT2D eigenvalue weighted by Gasteiger charge is 2.09. The van der Waals surface area contributed by atoms with E-state index in [9.17, 15) is 4.79 Å². The average Bonchev–Trinajstić information content (AvgIpc) is 2.37. The van der Waals surface area contributed by atoms with Crippen molar-refractivity contribution in [2.45, 2.75) is 20.3 Å². The molecule has 0 bridgehead atoms. The van der Waals surface area contributed by atoms with Crippen molar-refractivity contribution in [1.82, 2.24) is 0 Å². The third-order valence-corrected chi connectivity index (χ3v) is 2.31. The molecule has 0 aliphatic carbocycles. The molecular weight excluding hydrogens is 214 g/mol. The van der Waals surface area contributed by atoms with E-state index >= 15 is 0 Å². The second-order valence-electron chi connectivity index (χ2n) is 3.49. The van der Waals surface area contributed by atoms with E-state index < -0.39 is 5.97 Å². The summed E-state index contributed by atoms with van der Waals surface area (Å²) < 4.78 is 4.78. The molecule has 0 amide bonds. The van der Waals surface area contributed by atoms with Crippen molar-refractivity contribution in [3.05, 3.63) is 41.0 Å². The molecule has 0 atom stereocenters. The Bertz CT molecular complexity index is 452. The van der Waals surface area contributed by atoms with Gasteiger partial charge in [-0.1, -0.05) is 31.2 Å². The van der Waals surface area contributed by atoms with E-state index in [-0.39, 0.29) is 12.2 Å². The van der Waals surface area contributed by atoms with Crippen molar-refractivity contribution in [3.63, 3.8) is 0 Å². The number of aryl methyl sites for hydroxylation is 1. The molecule has 1 rings (SSSR count). The van der Waals surface area contributed by atoms with E-state index in [1.54, 1.807) is 6.92 Å². The quantitative estimate of drug-likeness (QED) is 0.453. The van der Waals surface area contributed by atoms with Gasteiger partial charge in [-0.25, -0.2) is 4.79 Å². The van der Waals surface area contributed by atoms with E-state index in [4.69, 9.17) is 10.00 Å². The van der Waals surface area contributed by atoms with E-state index in [2.05, 4.69) is 6.92 Å². The maximum absolute atomic E-state index is 11.4. The van der Waals surface area contributed by atoms with Crippen molar-refractivity contribution in [2.24, 2.45) is 0 Å². The second kappa shape index (κ2) is 6.49. The van der Waals surface area contributed by atoms with Gasteiger partial charge in [0.2, 0.25) is 0 Å². The van der Waals surface area contributed by atoms with Gasteiger partial charge in [0.15, 0.2) is 0 Å². The molecule has 0 aromatic heterocycles. The van der Waals surface area contributed by atoms with Gasteiger partial charge in [0.05, 0.1) is 6.61 Å². The predicted molar refractivity (Wildman–Crippen MR) is 66.0 cm³/mol. The Labute approximate surface area is 101 Å². The summed E-state index contributed by atoms with van der Waals surface area (Å²) in [6.45, 7) is 4.06. The number of ether oxygens (including phenoxy) is 1. The Morgan fingerprint density at radius 1 is 1.35 bits per heavy atom. The number of rotatable bonds is 4. The molecule has 3 heteroatoms. The van der Waals surface area contributed by atoms with Crippen LogP contribution in [0.2, 0.25) is 0 Å². The normalized spacial score (nSPS) is 10.8. The van der Waals surface area contributed by atoms with Gasteiger partial charge in [-0.05, 0) is 30.5 Å². The van der Waals surface area contributed by atoms with Crippen molar-refractivity contribution >= 4 is 12.0 Å². The minimum absolute atomic E-state index is 0.0242. The number of benzene rings is 1. The zero-order valence-corrected chi connectivity index (χ0v) is 10.1. The number of hydrogen-bond acceptors (Lipinski definition) is 3. The minimum atomic E-state index is -0.574. The number of esters is 1. The van der Waals surface area contributed by atoms with E-state index in [1.807, 2.05) is 30.3 Å². The van der Waals surface area contributed by atoms with E-state index in [0.717, 1.165) is 12.0 Å². The summed E-state index contributed by atoms with van der Waals surface area (Å²) in [7, 11) is 0. The third kappa shape index (κ3) is 3.76. The molecule has 0 unspecified atom stereocenters. The predicted octanol–water partition coefficient (Wildman–Crippen LogP) is 2.72. The van der Waals surface area contributed by atoms with Crippen molar-refractivity contribution in [2.75, 3.05) is 6.61 Å². The molecule has 0 aliphatic rings. The fourth-order valence-electron chi connectivity index (χ4n) is 1.36. The molecular formula is C14H15NO2. The Hall–Kier alpha value is -2.08. The molecule has 0 N–H and O–H groups in total. The molecule has 0 radical (unpaired) electrons.